The predicted molar refractivity (Wildman–Crippen MR) is 68.4 cm³/mol. The van der Waals surface area contributed by atoms with E-state index >= 15 is 0 Å². The van der Waals surface area contributed by atoms with E-state index in [1.54, 1.807) is 12.1 Å². The molecule has 0 heterocycles. The number of Topliss-reactive ketones (excluding diaryl/α,β-unsaturated/α-hetero) is 1. The monoisotopic (exact) mass is 299 g/mol. The smallest absolute Gasteiger partial charge is 0.151 e. The van der Waals surface area contributed by atoms with Crippen LogP contribution in [0.2, 0.25) is 0 Å². The van der Waals surface area contributed by atoms with Crippen molar-refractivity contribution >= 4 is 21.7 Å². The summed E-state index contributed by atoms with van der Waals surface area (Å²) in [5, 5.41) is 3.14. The lowest BCUT2D eigenvalue weighted by molar-refractivity contribution is -0.117. The highest BCUT2D eigenvalue weighted by Crippen LogP contribution is 2.27. The molecule has 2 rings (SSSR count). The highest BCUT2D eigenvalue weighted by Gasteiger charge is 2.20. The minimum atomic E-state index is -0.318. The van der Waals surface area contributed by atoms with Gasteiger partial charge in [-0.15, -0.1) is 0 Å². The Kier molecular flexibility index (Phi) is 4.29. The average molecular weight is 300 g/mol. The number of halogens is 2. The van der Waals surface area contributed by atoms with Crippen molar-refractivity contribution in [2.45, 2.75) is 19.3 Å². The third-order valence-electron chi connectivity index (χ3n) is 2.87. The molecule has 1 aliphatic rings. The minimum Gasteiger partial charge on any atom is -0.310 e. The molecule has 1 fully saturated rings. The number of carbonyl (C=O) groups is 1. The van der Waals surface area contributed by atoms with Crippen LogP contribution in [0.5, 0.6) is 0 Å². The average Bonchev–Trinajstić information content (AvgIpc) is 3.09. The third kappa shape index (κ3) is 3.89. The van der Waals surface area contributed by atoms with Gasteiger partial charge in [-0.1, -0.05) is 12.1 Å². The van der Waals surface area contributed by atoms with Gasteiger partial charge in [-0.05, 0) is 52.9 Å². The van der Waals surface area contributed by atoms with Crippen molar-refractivity contribution in [1.29, 1.82) is 0 Å². The number of rotatable bonds is 6. The molecule has 1 N–H and O–H groups in total. The van der Waals surface area contributed by atoms with Gasteiger partial charge >= 0.3 is 0 Å². The Morgan fingerprint density at radius 2 is 2.24 bits per heavy atom. The molecule has 4 heteroatoms. The van der Waals surface area contributed by atoms with Crippen molar-refractivity contribution in [3.05, 3.63) is 34.1 Å². The molecule has 2 nitrogen and oxygen atoms in total. The Bertz CT molecular complexity index is 418. The van der Waals surface area contributed by atoms with Gasteiger partial charge in [0.1, 0.15) is 5.82 Å². The largest absolute Gasteiger partial charge is 0.310 e. The molecule has 92 valence electrons. The van der Waals surface area contributed by atoms with E-state index in [1.165, 1.54) is 18.9 Å². The van der Waals surface area contributed by atoms with Crippen molar-refractivity contribution in [3.63, 3.8) is 0 Å². The van der Waals surface area contributed by atoms with E-state index in [2.05, 4.69) is 21.2 Å². The van der Waals surface area contributed by atoms with Crippen LogP contribution in [0.1, 0.15) is 18.4 Å². The second-order valence-corrected chi connectivity index (χ2v) is 5.30. The lowest BCUT2D eigenvalue weighted by Crippen LogP contribution is -2.26. The quantitative estimate of drug-likeness (QED) is 0.875. The molecule has 1 aromatic rings. The van der Waals surface area contributed by atoms with E-state index in [9.17, 15) is 9.18 Å². The molecular formula is C13H15BrFNO. The van der Waals surface area contributed by atoms with Crippen molar-refractivity contribution in [3.8, 4) is 0 Å². The molecule has 1 aliphatic carbocycles. The zero-order chi connectivity index (χ0) is 12.3. The summed E-state index contributed by atoms with van der Waals surface area (Å²) in [6, 6.07) is 4.77. The lowest BCUT2D eigenvalue weighted by Gasteiger charge is -2.05. The Balaban J connectivity index is 1.82. The van der Waals surface area contributed by atoms with Crippen molar-refractivity contribution in [2.24, 2.45) is 5.92 Å². The van der Waals surface area contributed by atoms with Crippen LogP contribution >= 0.6 is 15.9 Å². The zero-order valence-electron chi connectivity index (χ0n) is 9.51. The highest BCUT2D eigenvalue weighted by molar-refractivity contribution is 9.10. The van der Waals surface area contributed by atoms with Crippen molar-refractivity contribution < 1.29 is 9.18 Å². The fraction of sp³-hybridized carbons (Fsp3) is 0.462. The van der Waals surface area contributed by atoms with E-state index < -0.39 is 0 Å². The van der Waals surface area contributed by atoms with Crippen molar-refractivity contribution in [2.75, 3.05) is 13.1 Å². The summed E-state index contributed by atoms with van der Waals surface area (Å²) in [5.74, 6) is 0.543. The maximum Gasteiger partial charge on any atom is 0.151 e. The summed E-state index contributed by atoms with van der Waals surface area (Å²) < 4.78 is 13.6. The minimum absolute atomic E-state index is 0.0944. The van der Waals surface area contributed by atoms with Gasteiger partial charge in [0.15, 0.2) is 5.78 Å². The van der Waals surface area contributed by atoms with E-state index in [1.807, 2.05) is 0 Å². The topological polar surface area (TPSA) is 29.1 Å². The first kappa shape index (κ1) is 12.7. The molecule has 0 aliphatic heterocycles. The molecule has 0 spiro atoms. The Morgan fingerprint density at radius 3 is 2.94 bits per heavy atom. The molecule has 0 saturated heterocycles. The number of carbonyl (C=O) groups excluding carboxylic acids is 1. The molecule has 1 saturated carbocycles. The normalized spacial score (nSPS) is 14.9. The van der Waals surface area contributed by atoms with Gasteiger partial charge in [0.05, 0.1) is 11.0 Å². The van der Waals surface area contributed by atoms with Crippen LogP contribution in [-0.2, 0) is 11.2 Å². The molecule has 0 atom stereocenters. The number of hydrogen-bond acceptors (Lipinski definition) is 2. The fourth-order valence-corrected chi connectivity index (χ4v) is 2.10. The van der Waals surface area contributed by atoms with Crippen molar-refractivity contribution in [1.82, 2.24) is 5.32 Å². The number of benzene rings is 1. The molecule has 0 amide bonds. The molecule has 0 bridgehead atoms. The SMILES string of the molecule is O=C(CNCC1CC1)Cc1cccc(F)c1Br. The van der Waals surface area contributed by atoms with E-state index in [0.717, 1.165) is 12.5 Å². The molecule has 0 unspecified atom stereocenters. The van der Waals surface area contributed by atoms with Crippen LogP contribution in [0.3, 0.4) is 0 Å². The summed E-state index contributed by atoms with van der Waals surface area (Å²) >= 11 is 3.16. The first-order chi connectivity index (χ1) is 8.16. The van der Waals surface area contributed by atoms with Gasteiger partial charge in [0.2, 0.25) is 0 Å². The first-order valence-corrected chi connectivity index (χ1v) is 6.61. The van der Waals surface area contributed by atoms with E-state index in [-0.39, 0.29) is 18.0 Å². The molecule has 0 aromatic heterocycles. The van der Waals surface area contributed by atoms with Crippen LogP contribution in [0.4, 0.5) is 4.39 Å². The van der Waals surface area contributed by atoms with Gasteiger partial charge < -0.3 is 5.32 Å². The Hall–Kier alpha value is -0.740. The maximum absolute atomic E-state index is 13.2. The molecule has 0 radical (unpaired) electrons. The molecular weight excluding hydrogens is 285 g/mol. The maximum atomic E-state index is 13.2. The van der Waals surface area contributed by atoms with Crippen LogP contribution < -0.4 is 5.32 Å². The van der Waals surface area contributed by atoms with Gasteiger partial charge in [-0.25, -0.2) is 4.39 Å². The van der Waals surface area contributed by atoms with Crippen LogP contribution in [0.15, 0.2) is 22.7 Å². The van der Waals surface area contributed by atoms with Crippen LogP contribution in [0.25, 0.3) is 0 Å². The Morgan fingerprint density at radius 1 is 1.47 bits per heavy atom. The standard InChI is InChI=1S/C13H15BrFNO/c14-13-10(2-1-3-12(13)15)6-11(17)8-16-7-9-4-5-9/h1-3,9,16H,4-8H2. The summed E-state index contributed by atoms with van der Waals surface area (Å²) in [5.41, 5.74) is 0.711. The molecule has 17 heavy (non-hydrogen) atoms. The summed E-state index contributed by atoms with van der Waals surface area (Å²) in [4.78, 5) is 11.7. The predicted octanol–water partition coefficient (Wildman–Crippen LogP) is 2.70. The van der Waals surface area contributed by atoms with Crippen LogP contribution in [0, 0.1) is 11.7 Å². The van der Waals surface area contributed by atoms with E-state index in [0.29, 0.717) is 16.6 Å². The number of ketones is 1. The fourth-order valence-electron chi connectivity index (χ4n) is 1.70. The summed E-state index contributed by atoms with van der Waals surface area (Å²) in [6.45, 7) is 1.30. The highest BCUT2D eigenvalue weighted by atomic mass is 79.9. The second kappa shape index (κ2) is 5.74. The zero-order valence-corrected chi connectivity index (χ0v) is 11.1. The molecule has 1 aromatic carbocycles. The summed E-state index contributed by atoms with van der Waals surface area (Å²) in [6.07, 6.45) is 2.82. The van der Waals surface area contributed by atoms with Gasteiger partial charge in [0, 0.05) is 6.42 Å². The first-order valence-electron chi connectivity index (χ1n) is 5.82. The number of hydrogen-bond donors (Lipinski definition) is 1. The van der Waals surface area contributed by atoms with Gasteiger partial charge in [-0.3, -0.25) is 4.79 Å². The number of nitrogens with one attached hydrogen (secondary N) is 1. The second-order valence-electron chi connectivity index (χ2n) is 4.50. The van der Waals surface area contributed by atoms with E-state index in [4.69, 9.17) is 0 Å². The van der Waals surface area contributed by atoms with Gasteiger partial charge in [-0.2, -0.15) is 0 Å². The van der Waals surface area contributed by atoms with Crippen LogP contribution in [-0.4, -0.2) is 18.9 Å². The summed E-state index contributed by atoms with van der Waals surface area (Å²) in [7, 11) is 0. The van der Waals surface area contributed by atoms with Gasteiger partial charge in [0.25, 0.3) is 0 Å². The lowest BCUT2D eigenvalue weighted by atomic mass is 10.1. The third-order valence-corrected chi connectivity index (χ3v) is 3.76. The Labute approximate surface area is 109 Å².